The molecule has 2 aromatic carbocycles. The molecule has 2 aromatic heterocycles. The average molecular weight is 495 g/mol. The van der Waals surface area contributed by atoms with Gasteiger partial charge in [-0.25, -0.2) is 13.8 Å². The number of amides is 2. The van der Waals surface area contributed by atoms with E-state index in [1.54, 1.807) is 5.38 Å². The molecule has 1 aliphatic heterocycles. The molecule has 0 bridgehead atoms. The molecule has 35 heavy (non-hydrogen) atoms. The second kappa shape index (κ2) is 9.95. The van der Waals surface area contributed by atoms with Crippen LogP contribution in [0, 0.1) is 11.6 Å². The summed E-state index contributed by atoms with van der Waals surface area (Å²) in [5, 5.41) is 6.27. The minimum atomic E-state index is -0.699. The Kier molecular flexibility index (Phi) is 6.59. The number of halogens is 2. The van der Waals surface area contributed by atoms with Crippen LogP contribution in [-0.2, 0) is 17.8 Å². The van der Waals surface area contributed by atoms with Crippen molar-refractivity contribution in [3.63, 3.8) is 0 Å². The summed E-state index contributed by atoms with van der Waals surface area (Å²) in [6.45, 7) is 1.25. The van der Waals surface area contributed by atoms with E-state index in [-0.39, 0.29) is 29.6 Å². The van der Waals surface area contributed by atoms with Gasteiger partial charge in [0.25, 0.3) is 5.91 Å². The van der Waals surface area contributed by atoms with Crippen LogP contribution in [0.4, 0.5) is 8.78 Å². The van der Waals surface area contributed by atoms with Gasteiger partial charge in [-0.2, -0.15) is 0 Å². The maximum atomic E-state index is 13.8. The predicted octanol–water partition coefficient (Wildman–Crippen LogP) is 4.78. The maximum absolute atomic E-state index is 13.8. The van der Waals surface area contributed by atoms with Crippen LogP contribution < -0.4 is 5.32 Å². The minimum absolute atomic E-state index is 0.0469. The summed E-state index contributed by atoms with van der Waals surface area (Å²) in [6.07, 6.45) is 3.84. The standard InChI is InChI=1S/C26H24F2N4O2S/c27-19-6-5-17(21(28)12-19)13-30-25(34)23-15-35-26(31-23)16-7-9-32(10-8-16)24(33)11-18-14-29-22-4-2-1-3-20(18)22/h1-6,12,14-16,29H,7-11,13H2,(H,30,34). The summed E-state index contributed by atoms with van der Waals surface area (Å²) in [5.74, 6) is -1.46. The fourth-order valence-corrected chi connectivity index (χ4v) is 5.41. The van der Waals surface area contributed by atoms with E-state index in [9.17, 15) is 18.4 Å². The van der Waals surface area contributed by atoms with Crippen molar-refractivity contribution in [1.82, 2.24) is 20.2 Å². The second-order valence-corrected chi connectivity index (χ2v) is 9.57. The number of carbonyl (C=O) groups is 2. The number of para-hydroxylation sites is 1. The molecule has 0 saturated carbocycles. The number of rotatable bonds is 6. The monoisotopic (exact) mass is 494 g/mol. The number of H-pyrrole nitrogens is 1. The van der Waals surface area contributed by atoms with E-state index in [4.69, 9.17) is 0 Å². The lowest BCUT2D eigenvalue weighted by Crippen LogP contribution is -2.38. The number of aromatic amines is 1. The van der Waals surface area contributed by atoms with Crippen LogP contribution >= 0.6 is 11.3 Å². The molecule has 0 spiro atoms. The number of nitrogens with zero attached hydrogens (tertiary/aromatic N) is 2. The van der Waals surface area contributed by atoms with E-state index >= 15 is 0 Å². The van der Waals surface area contributed by atoms with Gasteiger partial charge in [0.15, 0.2) is 0 Å². The number of hydrogen-bond donors (Lipinski definition) is 2. The molecule has 1 aliphatic rings. The van der Waals surface area contributed by atoms with Crippen LogP contribution in [0.5, 0.6) is 0 Å². The molecule has 1 fully saturated rings. The zero-order valence-corrected chi connectivity index (χ0v) is 19.7. The quantitative estimate of drug-likeness (QED) is 0.405. The highest BCUT2D eigenvalue weighted by Crippen LogP contribution is 2.31. The van der Waals surface area contributed by atoms with Crippen molar-refractivity contribution in [3.05, 3.63) is 87.5 Å². The molecule has 3 heterocycles. The van der Waals surface area contributed by atoms with Gasteiger partial charge in [0.2, 0.25) is 5.91 Å². The van der Waals surface area contributed by atoms with E-state index < -0.39 is 17.5 Å². The second-order valence-electron chi connectivity index (χ2n) is 8.68. The van der Waals surface area contributed by atoms with Crippen LogP contribution in [0.25, 0.3) is 10.9 Å². The summed E-state index contributed by atoms with van der Waals surface area (Å²) >= 11 is 1.42. The van der Waals surface area contributed by atoms with E-state index in [0.29, 0.717) is 19.5 Å². The van der Waals surface area contributed by atoms with Crippen molar-refractivity contribution in [2.45, 2.75) is 31.7 Å². The van der Waals surface area contributed by atoms with Crippen LogP contribution in [0.1, 0.15) is 45.4 Å². The fraction of sp³-hybridized carbons (Fsp3) is 0.269. The maximum Gasteiger partial charge on any atom is 0.271 e. The largest absolute Gasteiger partial charge is 0.361 e. The molecule has 1 saturated heterocycles. The molecule has 0 unspecified atom stereocenters. The number of piperidine rings is 1. The van der Waals surface area contributed by atoms with Gasteiger partial charge < -0.3 is 15.2 Å². The zero-order chi connectivity index (χ0) is 24.4. The van der Waals surface area contributed by atoms with Crippen molar-refractivity contribution in [1.29, 1.82) is 0 Å². The average Bonchev–Trinajstić information content (AvgIpc) is 3.52. The smallest absolute Gasteiger partial charge is 0.271 e. The first-order valence-electron chi connectivity index (χ1n) is 11.5. The van der Waals surface area contributed by atoms with Gasteiger partial charge in [-0.05, 0) is 30.5 Å². The van der Waals surface area contributed by atoms with Crippen molar-refractivity contribution in [3.8, 4) is 0 Å². The van der Waals surface area contributed by atoms with Gasteiger partial charge in [0.05, 0.1) is 11.4 Å². The molecule has 4 aromatic rings. The lowest BCUT2D eigenvalue weighted by atomic mass is 9.97. The van der Waals surface area contributed by atoms with Crippen molar-refractivity contribution in [2.75, 3.05) is 13.1 Å². The molecule has 180 valence electrons. The first-order valence-corrected chi connectivity index (χ1v) is 12.4. The Labute approximate surface area is 205 Å². The van der Waals surface area contributed by atoms with Crippen LogP contribution in [-0.4, -0.2) is 39.8 Å². The molecular formula is C26H24F2N4O2S. The number of carbonyl (C=O) groups excluding carboxylic acids is 2. The molecular weight excluding hydrogens is 470 g/mol. The van der Waals surface area contributed by atoms with Crippen LogP contribution in [0.2, 0.25) is 0 Å². The molecule has 5 rings (SSSR count). The third kappa shape index (κ3) is 5.09. The Morgan fingerprint density at radius 3 is 2.71 bits per heavy atom. The molecule has 6 nitrogen and oxygen atoms in total. The summed E-state index contributed by atoms with van der Waals surface area (Å²) < 4.78 is 26.8. The van der Waals surface area contributed by atoms with Crippen molar-refractivity contribution in [2.24, 2.45) is 0 Å². The van der Waals surface area contributed by atoms with Crippen LogP contribution in [0.15, 0.2) is 54.0 Å². The Morgan fingerprint density at radius 1 is 1.11 bits per heavy atom. The Bertz CT molecular complexity index is 1370. The number of benzene rings is 2. The van der Waals surface area contributed by atoms with Crippen molar-refractivity contribution >= 4 is 34.1 Å². The van der Waals surface area contributed by atoms with Gasteiger partial charge in [-0.15, -0.1) is 11.3 Å². The summed E-state index contributed by atoms with van der Waals surface area (Å²) in [4.78, 5) is 34.9. The summed E-state index contributed by atoms with van der Waals surface area (Å²) in [7, 11) is 0. The van der Waals surface area contributed by atoms with Gasteiger partial charge in [-0.3, -0.25) is 9.59 Å². The first-order chi connectivity index (χ1) is 17.0. The number of likely N-dealkylation sites (tertiary alicyclic amines) is 1. The van der Waals surface area contributed by atoms with E-state index in [0.717, 1.165) is 46.4 Å². The zero-order valence-electron chi connectivity index (χ0n) is 18.9. The normalized spacial score (nSPS) is 14.4. The lowest BCUT2D eigenvalue weighted by molar-refractivity contribution is -0.131. The number of aromatic nitrogens is 2. The van der Waals surface area contributed by atoms with Gasteiger partial charge in [0, 0.05) is 59.7 Å². The van der Waals surface area contributed by atoms with E-state index in [2.05, 4.69) is 15.3 Å². The third-order valence-electron chi connectivity index (χ3n) is 6.42. The summed E-state index contributed by atoms with van der Waals surface area (Å²) in [6, 6.07) is 11.2. The van der Waals surface area contributed by atoms with Gasteiger partial charge in [0.1, 0.15) is 17.3 Å². The molecule has 0 radical (unpaired) electrons. The Hall–Kier alpha value is -3.59. The minimum Gasteiger partial charge on any atom is -0.361 e. The number of fused-ring (bicyclic) bond motifs is 1. The van der Waals surface area contributed by atoms with E-state index in [1.165, 1.54) is 17.4 Å². The highest BCUT2D eigenvalue weighted by Gasteiger charge is 2.26. The predicted molar refractivity (Wildman–Crippen MR) is 130 cm³/mol. The molecule has 0 atom stereocenters. The summed E-state index contributed by atoms with van der Waals surface area (Å²) in [5.41, 5.74) is 2.52. The Morgan fingerprint density at radius 2 is 1.91 bits per heavy atom. The first kappa shape index (κ1) is 23.2. The van der Waals surface area contributed by atoms with Crippen LogP contribution in [0.3, 0.4) is 0 Å². The third-order valence-corrected chi connectivity index (χ3v) is 7.43. The topological polar surface area (TPSA) is 78.1 Å². The molecule has 2 N–H and O–H groups in total. The fourth-order valence-electron chi connectivity index (χ4n) is 4.44. The SMILES string of the molecule is O=C(NCc1ccc(F)cc1F)c1csc(C2CCN(C(=O)Cc3c[nH]c4ccccc34)CC2)n1. The number of hydrogen-bond acceptors (Lipinski definition) is 4. The molecule has 9 heteroatoms. The van der Waals surface area contributed by atoms with E-state index in [1.807, 2.05) is 35.4 Å². The number of nitrogens with one attached hydrogen (secondary N) is 2. The lowest BCUT2D eigenvalue weighted by Gasteiger charge is -2.31. The molecule has 2 amide bonds. The van der Waals surface area contributed by atoms with Gasteiger partial charge >= 0.3 is 0 Å². The van der Waals surface area contributed by atoms with Crippen molar-refractivity contribution < 1.29 is 18.4 Å². The highest BCUT2D eigenvalue weighted by atomic mass is 32.1. The highest BCUT2D eigenvalue weighted by molar-refractivity contribution is 7.09. The molecule has 0 aliphatic carbocycles. The number of thiazole rings is 1. The Balaban J connectivity index is 1.14. The van der Waals surface area contributed by atoms with Gasteiger partial charge in [-0.1, -0.05) is 24.3 Å².